The number of benzene rings is 1. The molecular formula is C15H18BrNO3. The van der Waals surface area contributed by atoms with Gasteiger partial charge < -0.3 is 9.84 Å². The molecule has 0 saturated carbocycles. The van der Waals surface area contributed by atoms with Crippen molar-refractivity contribution in [3.8, 4) is 11.8 Å². The largest absolute Gasteiger partial charge is 0.493 e. The smallest absolute Gasteiger partial charge is 0.339 e. The summed E-state index contributed by atoms with van der Waals surface area (Å²) in [6.45, 7) is 4.26. The molecule has 20 heavy (non-hydrogen) atoms. The highest BCUT2D eigenvalue weighted by Gasteiger charge is 2.16. The number of hydrogen-bond donors (Lipinski definition) is 1. The van der Waals surface area contributed by atoms with Gasteiger partial charge in [-0.25, -0.2) is 4.79 Å². The minimum atomic E-state index is -1.00. The van der Waals surface area contributed by atoms with Crippen molar-refractivity contribution in [1.29, 1.82) is 5.26 Å². The van der Waals surface area contributed by atoms with Gasteiger partial charge in [0.2, 0.25) is 0 Å². The Balaban J connectivity index is 2.49. The molecule has 0 aliphatic heterocycles. The Morgan fingerprint density at radius 2 is 2.15 bits per heavy atom. The zero-order valence-electron chi connectivity index (χ0n) is 11.6. The third-order valence-corrected chi connectivity index (χ3v) is 3.42. The van der Waals surface area contributed by atoms with Crippen LogP contribution in [0.3, 0.4) is 0 Å². The first kappa shape index (κ1) is 16.5. The second kappa shape index (κ2) is 7.30. The first-order chi connectivity index (χ1) is 9.35. The maximum Gasteiger partial charge on any atom is 0.339 e. The van der Waals surface area contributed by atoms with Crippen LogP contribution in [0.5, 0.6) is 5.75 Å². The summed E-state index contributed by atoms with van der Waals surface area (Å²) in [5.41, 5.74) is -0.160. The van der Waals surface area contributed by atoms with Crippen molar-refractivity contribution in [3.05, 3.63) is 28.2 Å². The van der Waals surface area contributed by atoms with E-state index in [9.17, 15) is 4.79 Å². The molecule has 0 fully saturated rings. The van der Waals surface area contributed by atoms with Crippen LogP contribution in [0.4, 0.5) is 0 Å². The number of unbranched alkanes of at least 4 members (excludes halogenated alkanes) is 1. The molecule has 1 aromatic carbocycles. The summed E-state index contributed by atoms with van der Waals surface area (Å²) in [6, 6.07) is 7.10. The fourth-order valence-corrected chi connectivity index (χ4v) is 2.04. The summed E-state index contributed by atoms with van der Waals surface area (Å²) in [6.07, 6.45) is 2.46. The number of carbonyl (C=O) groups is 1. The molecule has 0 aliphatic carbocycles. The van der Waals surface area contributed by atoms with Gasteiger partial charge in [0, 0.05) is 4.47 Å². The van der Waals surface area contributed by atoms with Crippen LogP contribution in [-0.4, -0.2) is 17.7 Å². The lowest BCUT2D eigenvalue weighted by molar-refractivity contribution is 0.0692. The normalized spacial score (nSPS) is 10.9. The maximum atomic E-state index is 11.1. The van der Waals surface area contributed by atoms with Crippen LogP contribution in [-0.2, 0) is 0 Å². The summed E-state index contributed by atoms with van der Waals surface area (Å²) < 4.78 is 6.31. The first-order valence-corrected chi connectivity index (χ1v) is 7.22. The molecule has 0 saturated heterocycles. The predicted molar refractivity (Wildman–Crippen MR) is 79.8 cm³/mol. The second-order valence-corrected chi connectivity index (χ2v) is 6.16. The van der Waals surface area contributed by atoms with Crippen LogP contribution in [0.25, 0.3) is 0 Å². The highest BCUT2D eigenvalue weighted by atomic mass is 79.9. The zero-order valence-corrected chi connectivity index (χ0v) is 13.2. The van der Waals surface area contributed by atoms with E-state index in [0.717, 1.165) is 23.7 Å². The monoisotopic (exact) mass is 339 g/mol. The van der Waals surface area contributed by atoms with Gasteiger partial charge in [0.1, 0.15) is 11.3 Å². The molecule has 0 bridgehead atoms. The maximum absolute atomic E-state index is 11.1. The van der Waals surface area contributed by atoms with Crippen LogP contribution in [0.15, 0.2) is 22.7 Å². The fraction of sp³-hybridized carbons (Fsp3) is 0.467. The molecule has 5 heteroatoms. The summed E-state index contributed by atoms with van der Waals surface area (Å²) in [5.74, 6) is -0.635. The number of halogens is 1. The van der Waals surface area contributed by atoms with Crippen molar-refractivity contribution in [2.24, 2.45) is 5.41 Å². The van der Waals surface area contributed by atoms with Crippen LogP contribution in [0, 0.1) is 16.7 Å². The second-order valence-electron chi connectivity index (χ2n) is 5.25. The molecule has 108 valence electrons. The first-order valence-electron chi connectivity index (χ1n) is 6.42. The number of nitrogens with zero attached hydrogens (tertiary/aromatic N) is 1. The Morgan fingerprint density at radius 3 is 2.75 bits per heavy atom. The number of carboxylic acid groups (broad SMARTS) is 1. The van der Waals surface area contributed by atoms with Crippen molar-refractivity contribution in [2.75, 3.05) is 6.61 Å². The number of ether oxygens (including phenoxy) is 1. The van der Waals surface area contributed by atoms with Gasteiger partial charge in [0.05, 0.1) is 18.1 Å². The Kier molecular flexibility index (Phi) is 6.03. The molecule has 1 aromatic rings. The minimum Gasteiger partial charge on any atom is -0.493 e. The van der Waals surface area contributed by atoms with Crippen molar-refractivity contribution in [1.82, 2.24) is 0 Å². The molecule has 0 amide bonds. The summed E-state index contributed by atoms with van der Waals surface area (Å²) in [4.78, 5) is 11.1. The van der Waals surface area contributed by atoms with E-state index >= 15 is 0 Å². The summed E-state index contributed by atoms with van der Waals surface area (Å²) >= 11 is 3.29. The molecule has 1 N–H and O–H groups in total. The lowest BCUT2D eigenvalue weighted by Gasteiger charge is -2.14. The van der Waals surface area contributed by atoms with E-state index in [1.54, 1.807) is 12.1 Å². The topological polar surface area (TPSA) is 70.3 Å². The van der Waals surface area contributed by atoms with E-state index in [1.165, 1.54) is 6.07 Å². The Labute approximate surface area is 127 Å². The average Bonchev–Trinajstić information content (AvgIpc) is 2.38. The van der Waals surface area contributed by atoms with E-state index in [1.807, 2.05) is 13.8 Å². The Hall–Kier alpha value is -1.54. The summed E-state index contributed by atoms with van der Waals surface area (Å²) in [5, 5.41) is 18.0. The highest BCUT2D eigenvalue weighted by Crippen LogP contribution is 2.25. The van der Waals surface area contributed by atoms with Crippen molar-refractivity contribution in [2.45, 2.75) is 33.1 Å². The van der Waals surface area contributed by atoms with Gasteiger partial charge in [0.15, 0.2) is 0 Å². The molecule has 4 nitrogen and oxygen atoms in total. The van der Waals surface area contributed by atoms with Gasteiger partial charge in [0.25, 0.3) is 0 Å². The number of carboxylic acids is 1. The number of rotatable bonds is 7. The third-order valence-electron chi connectivity index (χ3n) is 2.93. The molecule has 0 aliphatic rings. The Morgan fingerprint density at radius 1 is 1.45 bits per heavy atom. The van der Waals surface area contributed by atoms with Gasteiger partial charge in [-0.3, -0.25) is 0 Å². The zero-order chi connectivity index (χ0) is 15.2. The summed E-state index contributed by atoms with van der Waals surface area (Å²) in [7, 11) is 0. The molecular weight excluding hydrogens is 322 g/mol. The van der Waals surface area contributed by atoms with E-state index in [4.69, 9.17) is 15.1 Å². The average molecular weight is 340 g/mol. The van der Waals surface area contributed by atoms with E-state index in [-0.39, 0.29) is 11.0 Å². The number of hydrogen-bond acceptors (Lipinski definition) is 3. The quantitative estimate of drug-likeness (QED) is 0.754. The number of aromatic carboxylic acids is 1. The standard InChI is InChI=1S/C15H18BrNO3/c1-15(2,10-17)7-3-4-8-20-13-9-11(16)5-6-12(13)14(18)19/h5-6,9H,3-4,7-8H2,1-2H3,(H,18,19). The van der Waals surface area contributed by atoms with E-state index in [2.05, 4.69) is 22.0 Å². The number of nitriles is 1. The van der Waals surface area contributed by atoms with Gasteiger partial charge in [-0.05, 0) is 51.3 Å². The molecule has 0 atom stereocenters. The van der Waals surface area contributed by atoms with Crippen molar-refractivity contribution in [3.63, 3.8) is 0 Å². The van der Waals surface area contributed by atoms with Gasteiger partial charge in [-0.2, -0.15) is 5.26 Å². The van der Waals surface area contributed by atoms with Crippen LogP contribution >= 0.6 is 15.9 Å². The molecule has 0 spiro atoms. The van der Waals surface area contributed by atoms with E-state index < -0.39 is 5.97 Å². The SMILES string of the molecule is CC(C)(C#N)CCCCOc1cc(Br)ccc1C(=O)O. The van der Waals surface area contributed by atoms with Crippen molar-refractivity contribution < 1.29 is 14.6 Å². The molecule has 0 radical (unpaired) electrons. The van der Waals surface area contributed by atoms with Gasteiger partial charge in [-0.1, -0.05) is 15.9 Å². The Bertz CT molecular complexity index is 520. The van der Waals surface area contributed by atoms with Crippen LogP contribution in [0.2, 0.25) is 0 Å². The molecule has 1 rings (SSSR count). The van der Waals surface area contributed by atoms with Gasteiger partial charge in [-0.15, -0.1) is 0 Å². The lowest BCUT2D eigenvalue weighted by atomic mass is 9.89. The van der Waals surface area contributed by atoms with E-state index in [0.29, 0.717) is 12.4 Å². The minimum absolute atomic E-state index is 0.158. The molecule has 0 unspecified atom stereocenters. The predicted octanol–water partition coefficient (Wildman–Crippen LogP) is 4.25. The van der Waals surface area contributed by atoms with Crippen molar-refractivity contribution >= 4 is 21.9 Å². The van der Waals surface area contributed by atoms with Gasteiger partial charge >= 0.3 is 5.97 Å². The molecule has 0 heterocycles. The fourth-order valence-electron chi connectivity index (χ4n) is 1.70. The third kappa shape index (κ3) is 5.22. The highest BCUT2D eigenvalue weighted by molar-refractivity contribution is 9.10. The van der Waals surface area contributed by atoms with Crippen LogP contribution < -0.4 is 4.74 Å². The lowest BCUT2D eigenvalue weighted by Crippen LogP contribution is -2.09. The van der Waals surface area contributed by atoms with Crippen LogP contribution in [0.1, 0.15) is 43.5 Å². The molecule has 0 aromatic heterocycles.